The summed E-state index contributed by atoms with van der Waals surface area (Å²) in [6.07, 6.45) is 0. The molecule has 68 valence electrons. The molecule has 1 aromatic rings. The average molecular weight is 246 g/mol. The molecule has 1 aliphatic heterocycles. The number of cyclic esters (lactones) is 1. The zero-order chi connectivity index (χ0) is 9.42. The maximum atomic E-state index is 11.2. The molecule has 1 aliphatic rings. The second kappa shape index (κ2) is 2.93. The van der Waals surface area contributed by atoms with Crippen molar-refractivity contribution in [1.82, 2.24) is 7.96 Å². The molecule has 0 spiro atoms. The van der Waals surface area contributed by atoms with Crippen LogP contribution in [0.25, 0.3) is 0 Å². The van der Waals surface area contributed by atoms with E-state index >= 15 is 0 Å². The molecule has 0 saturated heterocycles. The quantitative estimate of drug-likeness (QED) is 0.419. The first kappa shape index (κ1) is 8.40. The molecule has 2 heterocycles. The van der Waals surface area contributed by atoms with Crippen molar-refractivity contribution in [3.63, 3.8) is 0 Å². The third-order valence-corrected chi connectivity index (χ3v) is 2.77. The third-order valence-electron chi connectivity index (χ3n) is 1.68. The fraction of sp³-hybridized carbons (Fsp3) is 0.333. The average Bonchev–Trinajstić information content (AvgIpc) is 2.57. The minimum absolute atomic E-state index is 0.174. The maximum absolute atomic E-state index is 11.2. The van der Waals surface area contributed by atoms with E-state index in [0.717, 1.165) is 0 Å². The molecule has 0 unspecified atom stereocenters. The Bertz CT molecular complexity index is 375. The summed E-state index contributed by atoms with van der Waals surface area (Å²) >= 11 is -0.324. The van der Waals surface area contributed by atoms with Crippen molar-refractivity contribution in [1.29, 1.82) is 0 Å². The van der Waals surface area contributed by atoms with Crippen LogP contribution in [0.1, 0.15) is 10.5 Å². The first-order valence-electron chi connectivity index (χ1n) is 3.46. The van der Waals surface area contributed by atoms with Gasteiger partial charge in [0, 0.05) is 0 Å². The van der Waals surface area contributed by atoms with Gasteiger partial charge in [-0.1, -0.05) is 0 Å². The number of anilines is 1. The predicted octanol–water partition coefficient (Wildman–Crippen LogP) is -1.33. The van der Waals surface area contributed by atoms with E-state index in [1.54, 1.807) is 7.05 Å². The van der Waals surface area contributed by atoms with Crippen LogP contribution in [0, 0.1) is 0 Å². The van der Waals surface area contributed by atoms with Crippen LogP contribution < -0.4 is 4.90 Å². The summed E-state index contributed by atoms with van der Waals surface area (Å²) in [6, 6.07) is 0. The van der Waals surface area contributed by atoms with Crippen molar-refractivity contribution in [2.75, 3.05) is 18.6 Å². The molecular formula is C6H5N3O3Se. The summed E-state index contributed by atoms with van der Waals surface area (Å²) in [5.74, 6) is -0.502. The molecule has 1 aromatic heterocycles. The topological polar surface area (TPSA) is 72.4 Å². The molecule has 0 aromatic carbocycles. The summed E-state index contributed by atoms with van der Waals surface area (Å²) in [4.78, 5) is 23.7. The van der Waals surface area contributed by atoms with Crippen molar-refractivity contribution in [2.24, 2.45) is 0 Å². The fourth-order valence-electron chi connectivity index (χ4n) is 0.943. The SMILES string of the molecule is CN1C(=O)COC(=O)c2n[se]nc21. The van der Waals surface area contributed by atoms with E-state index in [4.69, 9.17) is 0 Å². The van der Waals surface area contributed by atoms with Gasteiger partial charge < -0.3 is 0 Å². The first-order valence-corrected chi connectivity index (χ1v) is 4.99. The van der Waals surface area contributed by atoms with E-state index in [2.05, 4.69) is 12.7 Å². The first-order chi connectivity index (χ1) is 6.20. The Morgan fingerprint density at radius 1 is 1.46 bits per heavy atom. The summed E-state index contributed by atoms with van der Waals surface area (Å²) < 4.78 is 12.5. The zero-order valence-electron chi connectivity index (χ0n) is 6.68. The van der Waals surface area contributed by atoms with Crippen LogP contribution in [0.5, 0.6) is 0 Å². The van der Waals surface area contributed by atoms with E-state index in [1.165, 1.54) is 4.90 Å². The van der Waals surface area contributed by atoms with Crippen LogP contribution in [0.4, 0.5) is 5.82 Å². The number of nitrogens with zero attached hydrogens (tertiary/aromatic N) is 3. The van der Waals surface area contributed by atoms with Gasteiger partial charge in [0.05, 0.1) is 0 Å². The molecular weight excluding hydrogens is 241 g/mol. The number of hydrogen-bond acceptors (Lipinski definition) is 5. The number of amides is 1. The predicted molar refractivity (Wildman–Crippen MR) is 42.7 cm³/mol. The molecule has 0 N–H and O–H groups in total. The monoisotopic (exact) mass is 247 g/mol. The van der Waals surface area contributed by atoms with Gasteiger partial charge in [0.15, 0.2) is 0 Å². The van der Waals surface area contributed by atoms with Gasteiger partial charge in [0.2, 0.25) is 0 Å². The molecule has 13 heavy (non-hydrogen) atoms. The summed E-state index contributed by atoms with van der Waals surface area (Å²) in [5, 5.41) is 0. The Morgan fingerprint density at radius 2 is 2.23 bits per heavy atom. The number of aromatic nitrogens is 2. The molecule has 0 bridgehead atoms. The Hall–Kier alpha value is -1.20. The minimum atomic E-state index is -0.559. The molecule has 0 radical (unpaired) electrons. The van der Waals surface area contributed by atoms with Crippen LogP contribution in [-0.4, -0.2) is 48.5 Å². The fourth-order valence-corrected chi connectivity index (χ4v) is 2.13. The molecule has 0 saturated carbocycles. The van der Waals surface area contributed by atoms with Gasteiger partial charge in [-0.05, 0) is 0 Å². The molecule has 1 amide bonds. The number of fused-ring (bicyclic) bond motifs is 1. The van der Waals surface area contributed by atoms with E-state index in [-0.39, 0.29) is 33.2 Å². The second-order valence-corrected chi connectivity index (χ2v) is 3.57. The molecule has 0 atom stereocenters. The van der Waals surface area contributed by atoms with Crippen LogP contribution in [0.15, 0.2) is 0 Å². The van der Waals surface area contributed by atoms with E-state index in [0.29, 0.717) is 5.82 Å². The number of rotatable bonds is 0. The van der Waals surface area contributed by atoms with Gasteiger partial charge in [-0.3, -0.25) is 0 Å². The summed E-state index contributed by atoms with van der Waals surface area (Å²) in [7, 11) is 1.56. The van der Waals surface area contributed by atoms with Gasteiger partial charge in [0.1, 0.15) is 0 Å². The second-order valence-electron chi connectivity index (χ2n) is 2.47. The summed E-state index contributed by atoms with van der Waals surface area (Å²) in [5.41, 5.74) is 0.174. The van der Waals surface area contributed by atoms with Crippen LogP contribution >= 0.6 is 0 Å². The van der Waals surface area contributed by atoms with Crippen molar-refractivity contribution in [2.45, 2.75) is 0 Å². The Kier molecular flexibility index (Phi) is 1.90. The molecule has 0 aliphatic carbocycles. The van der Waals surface area contributed by atoms with Gasteiger partial charge in [0.25, 0.3) is 0 Å². The number of likely N-dealkylation sites (N-methyl/N-ethyl adjacent to an activating group) is 1. The number of carbonyl (C=O) groups is 2. The molecule has 6 nitrogen and oxygen atoms in total. The van der Waals surface area contributed by atoms with Crippen LogP contribution in [0.3, 0.4) is 0 Å². The van der Waals surface area contributed by atoms with Crippen molar-refractivity contribution in [3.05, 3.63) is 5.69 Å². The molecule has 7 heteroatoms. The number of esters is 1. The van der Waals surface area contributed by atoms with Crippen LogP contribution in [0.2, 0.25) is 0 Å². The Balaban J connectivity index is 2.52. The van der Waals surface area contributed by atoms with E-state index in [1.807, 2.05) is 0 Å². The standard InChI is InChI=1S/C6H5N3O3Se/c1-9-3(10)2-12-6(11)4-5(9)8-13-7-4/h2H2,1H3. The summed E-state index contributed by atoms with van der Waals surface area (Å²) in [6.45, 7) is -0.236. The van der Waals surface area contributed by atoms with Crippen molar-refractivity contribution < 1.29 is 14.3 Å². The van der Waals surface area contributed by atoms with Gasteiger partial charge in [-0.15, -0.1) is 0 Å². The number of carbonyl (C=O) groups excluding carboxylic acids is 2. The zero-order valence-corrected chi connectivity index (χ0v) is 8.39. The molecule has 0 fully saturated rings. The van der Waals surface area contributed by atoms with Gasteiger partial charge in [-0.25, -0.2) is 0 Å². The van der Waals surface area contributed by atoms with E-state index in [9.17, 15) is 9.59 Å². The van der Waals surface area contributed by atoms with Crippen molar-refractivity contribution in [3.8, 4) is 0 Å². The van der Waals surface area contributed by atoms with Gasteiger partial charge >= 0.3 is 79.2 Å². The number of ether oxygens (including phenoxy) is 1. The third kappa shape index (κ3) is 1.26. The Labute approximate surface area is 79.7 Å². The number of hydrogen-bond donors (Lipinski definition) is 0. The normalized spacial score (nSPS) is 16.5. The van der Waals surface area contributed by atoms with Gasteiger partial charge in [-0.2, -0.15) is 0 Å². The van der Waals surface area contributed by atoms with Crippen molar-refractivity contribution >= 4 is 32.7 Å². The van der Waals surface area contributed by atoms with Crippen LogP contribution in [-0.2, 0) is 9.53 Å². The Morgan fingerprint density at radius 3 is 3.00 bits per heavy atom. The van der Waals surface area contributed by atoms with E-state index < -0.39 is 5.97 Å². The molecule has 2 rings (SSSR count).